The summed E-state index contributed by atoms with van der Waals surface area (Å²) in [4.78, 5) is 16.0. The number of aromatic nitrogens is 4. The minimum atomic E-state index is -1.59. The molecule has 57 heavy (non-hydrogen) atoms. The van der Waals surface area contributed by atoms with Crippen LogP contribution in [0.5, 0.6) is 11.5 Å². The number of hydrogen-bond donors (Lipinski definition) is 4. The van der Waals surface area contributed by atoms with E-state index in [0.29, 0.717) is 33.2 Å². The van der Waals surface area contributed by atoms with Crippen LogP contribution in [-0.2, 0) is 37.6 Å². The number of halogens is 1. The number of nitrogens with one attached hydrogen (secondary N) is 2. The van der Waals surface area contributed by atoms with Crippen LogP contribution in [0.15, 0.2) is 104 Å². The molecule has 6 aromatic rings. The van der Waals surface area contributed by atoms with Gasteiger partial charge in [0.25, 0.3) is 0 Å². The molecule has 2 aromatic heterocycles. The van der Waals surface area contributed by atoms with Gasteiger partial charge >= 0.3 is 5.97 Å². The van der Waals surface area contributed by atoms with Crippen molar-refractivity contribution in [3.8, 4) is 39.8 Å². The van der Waals surface area contributed by atoms with Gasteiger partial charge in [-0.25, -0.2) is 0 Å². The van der Waals surface area contributed by atoms with Crippen molar-refractivity contribution in [2.45, 2.75) is 59.2 Å². The van der Waals surface area contributed by atoms with Gasteiger partial charge in [0, 0.05) is 55.4 Å². The summed E-state index contributed by atoms with van der Waals surface area (Å²) >= 11 is 6.77. The van der Waals surface area contributed by atoms with E-state index in [1.54, 1.807) is 35.3 Å². The number of aliphatic hydroxyl groups is 1. The van der Waals surface area contributed by atoms with Crippen molar-refractivity contribution in [3.63, 3.8) is 0 Å². The number of aliphatic hydroxyl groups excluding tert-OH is 1. The van der Waals surface area contributed by atoms with E-state index in [-0.39, 0.29) is 19.8 Å². The highest BCUT2D eigenvalue weighted by atomic mass is 35.5. The molecule has 12 nitrogen and oxygen atoms in total. The lowest BCUT2D eigenvalue weighted by atomic mass is 9.89. The third-order valence-corrected chi connectivity index (χ3v) is 10.2. The topological polar surface area (TPSA) is 167 Å². The van der Waals surface area contributed by atoms with Crippen molar-refractivity contribution in [2.24, 2.45) is 0 Å². The summed E-state index contributed by atoms with van der Waals surface area (Å²) in [5, 5.41) is 43.3. The minimum absolute atomic E-state index is 0.0295. The maximum Gasteiger partial charge on any atom is 0.326 e. The van der Waals surface area contributed by atoms with E-state index in [4.69, 9.17) is 21.1 Å². The summed E-state index contributed by atoms with van der Waals surface area (Å²) in [6.07, 6.45) is 6.60. The number of carboxylic acid groups (broad SMARTS) is 1. The van der Waals surface area contributed by atoms with Gasteiger partial charge in [-0.2, -0.15) is 5.26 Å². The van der Waals surface area contributed by atoms with Gasteiger partial charge in [0.05, 0.1) is 29.9 Å². The number of hydrogen-bond acceptors (Lipinski definition) is 10. The number of nitrogens with zero attached hydrogens (tertiary/aromatic N) is 5. The number of pyridine rings is 1. The van der Waals surface area contributed by atoms with E-state index in [1.807, 2.05) is 18.3 Å². The van der Waals surface area contributed by atoms with Gasteiger partial charge in [0.15, 0.2) is 0 Å². The van der Waals surface area contributed by atoms with Gasteiger partial charge in [-0.15, -0.1) is 5.10 Å². The number of aliphatic carboxylic acids is 1. The number of rotatable bonds is 18. The molecule has 0 fully saturated rings. The first-order valence-electron chi connectivity index (χ1n) is 18.4. The molecular weight excluding hydrogens is 742 g/mol. The predicted molar refractivity (Wildman–Crippen MR) is 218 cm³/mol. The number of ether oxygens (including phenoxy) is 2. The van der Waals surface area contributed by atoms with E-state index in [1.165, 1.54) is 24.2 Å². The summed E-state index contributed by atoms with van der Waals surface area (Å²) in [5.74, 6) is -0.438. The Bertz CT molecular complexity index is 2360. The zero-order valence-electron chi connectivity index (χ0n) is 32.0. The molecular formula is C44H44ClN7O5. The van der Waals surface area contributed by atoms with Crippen LogP contribution in [0, 0.1) is 25.2 Å². The second-order valence-corrected chi connectivity index (χ2v) is 14.3. The van der Waals surface area contributed by atoms with E-state index < -0.39 is 18.1 Å². The minimum Gasteiger partial charge on any atom is -0.488 e. The summed E-state index contributed by atoms with van der Waals surface area (Å²) < 4.78 is 14.3. The van der Waals surface area contributed by atoms with Crippen LogP contribution >= 0.6 is 11.6 Å². The zero-order valence-corrected chi connectivity index (χ0v) is 32.8. The van der Waals surface area contributed by atoms with Crippen molar-refractivity contribution in [2.75, 3.05) is 13.2 Å². The Hall–Kier alpha value is -6.10. The zero-order chi connectivity index (χ0) is 40.4. The summed E-state index contributed by atoms with van der Waals surface area (Å²) in [7, 11) is 0. The number of nitriles is 1. The number of carboxylic acids is 1. The van der Waals surface area contributed by atoms with Gasteiger partial charge in [-0.05, 0) is 77.4 Å². The number of carbonyl (C=O) groups is 1. The molecule has 0 bridgehead atoms. The molecule has 0 unspecified atom stereocenters. The summed E-state index contributed by atoms with van der Waals surface area (Å²) in [6.45, 7) is 7.65. The summed E-state index contributed by atoms with van der Waals surface area (Å²) in [6, 6.07) is 28.3. The quantitative estimate of drug-likeness (QED) is 0.0661. The van der Waals surface area contributed by atoms with Gasteiger partial charge in [0.1, 0.15) is 36.3 Å². The fourth-order valence-corrected chi connectivity index (χ4v) is 6.59. The molecule has 4 N–H and O–H groups in total. The number of benzene rings is 4. The molecule has 0 amide bonds. The van der Waals surface area contributed by atoms with Gasteiger partial charge < -0.3 is 25.0 Å². The second-order valence-electron chi connectivity index (χ2n) is 13.9. The first kappa shape index (κ1) is 40.6. The molecule has 0 spiro atoms. The van der Waals surface area contributed by atoms with E-state index >= 15 is 0 Å². The highest BCUT2D eigenvalue weighted by Gasteiger charge is 2.32. The standard InChI is InChI=1S/C44H44ClN7O5/c1-29-35(6-4-8-38(29)39-9-5-7-37(30(39)2)34-12-10-31(11-13-34)22-47-14-16-52-17-15-50-51-52)27-57-42-20-41(56-26-33-18-32(21-46)23-48-24-33)36(19-40(42)45)25-49-44(3,28-53)43(54)55/h4-13,15,17-20,23-24,47,49,53H,14,16,22,25-28H2,1-3H3,(H,54,55)/t44-/m0/s1. The first-order chi connectivity index (χ1) is 27.6. The third-order valence-electron chi connectivity index (χ3n) is 9.93. The Labute approximate surface area is 336 Å². The fraction of sp³-hybridized carbons (Fsp3) is 0.250. The van der Waals surface area contributed by atoms with Crippen LogP contribution in [0.1, 0.15) is 45.9 Å². The SMILES string of the molecule is Cc1c(COc2cc(OCc3cncc(C#N)c3)c(CN[C@@](C)(CO)C(=O)O)cc2Cl)cccc1-c1cccc(-c2ccc(CNCCn3ccnn3)cc2)c1C. The molecule has 2 heterocycles. The molecule has 0 radical (unpaired) electrons. The fourth-order valence-electron chi connectivity index (χ4n) is 6.34. The first-order valence-corrected chi connectivity index (χ1v) is 18.8. The predicted octanol–water partition coefficient (Wildman–Crippen LogP) is 7.02. The molecule has 13 heteroatoms. The molecule has 6 rings (SSSR count). The molecule has 4 aromatic carbocycles. The van der Waals surface area contributed by atoms with Crippen LogP contribution in [0.25, 0.3) is 22.3 Å². The van der Waals surface area contributed by atoms with Gasteiger partial charge in [0.2, 0.25) is 0 Å². The normalized spacial score (nSPS) is 12.1. The lowest BCUT2D eigenvalue weighted by molar-refractivity contribution is -0.145. The van der Waals surface area contributed by atoms with Crippen molar-refractivity contribution in [1.82, 2.24) is 30.6 Å². The maximum atomic E-state index is 11.8. The Morgan fingerprint density at radius 3 is 2.35 bits per heavy atom. The van der Waals surface area contributed by atoms with Crippen molar-refractivity contribution in [3.05, 3.63) is 148 Å². The smallest absolute Gasteiger partial charge is 0.326 e. The van der Waals surface area contributed by atoms with Crippen LogP contribution in [0.4, 0.5) is 0 Å². The third kappa shape index (κ3) is 10.0. The molecule has 0 saturated carbocycles. The highest BCUT2D eigenvalue weighted by molar-refractivity contribution is 6.32. The van der Waals surface area contributed by atoms with Crippen molar-refractivity contribution >= 4 is 17.6 Å². The lowest BCUT2D eigenvalue weighted by Gasteiger charge is -2.25. The largest absolute Gasteiger partial charge is 0.488 e. The highest BCUT2D eigenvalue weighted by Crippen LogP contribution is 2.37. The Morgan fingerprint density at radius 1 is 0.895 bits per heavy atom. The van der Waals surface area contributed by atoms with Crippen LogP contribution in [0.2, 0.25) is 5.02 Å². The van der Waals surface area contributed by atoms with E-state index in [2.05, 4.69) is 94.4 Å². The van der Waals surface area contributed by atoms with Gasteiger partial charge in [-0.3, -0.25) is 19.8 Å². The molecule has 292 valence electrons. The summed E-state index contributed by atoms with van der Waals surface area (Å²) in [5.41, 5.74) is 8.96. The van der Waals surface area contributed by atoms with E-state index in [0.717, 1.165) is 53.0 Å². The Balaban J connectivity index is 1.18. The Morgan fingerprint density at radius 2 is 1.63 bits per heavy atom. The molecule has 0 aliphatic rings. The monoisotopic (exact) mass is 785 g/mol. The van der Waals surface area contributed by atoms with Crippen molar-refractivity contribution in [1.29, 1.82) is 5.26 Å². The Kier molecular flexibility index (Phi) is 13.3. The average molecular weight is 786 g/mol. The van der Waals surface area contributed by atoms with Crippen LogP contribution in [0.3, 0.4) is 0 Å². The molecule has 0 saturated heterocycles. The second kappa shape index (κ2) is 18.7. The van der Waals surface area contributed by atoms with Gasteiger partial charge in [-0.1, -0.05) is 77.5 Å². The molecule has 0 aliphatic carbocycles. The maximum absolute atomic E-state index is 11.8. The molecule has 1 atom stereocenters. The van der Waals surface area contributed by atoms with E-state index in [9.17, 15) is 20.3 Å². The van der Waals surface area contributed by atoms with Crippen LogP contribution in [-0.4, -0.2) is 54.9 Å². The lowest BCUT2D eigenvalue weighted by Crippen LogP contribution is -2.52. The average Bonchev–Trinajstić information content (AvgIpc) is 3.75. The van der Waals surface area contributed by atoms with Crippen molar-refractivity contribution < 1.29 is 24.5 Å². The van der Waals surface area contributed by atoms with Crippen LogP contribution < -0.4 is 20.1 Å². The molecule has 0 aliphatic heterocycles.